The van der Waals surface area contributed by atoms with E-state index in [0.29, 0.717) is 18.0 Å². The first-order valence-corrected chi connectivity index (χ1v) is 8.87. The molecule has 0 rings (SSSR count). The normalized spacial score (nSPS) is 15.4. The van der Waals surface area contributed by atoms with Crippen molar-refractivity contribution in [1.29, 1.82) is 0 Å². The van der Waals surface area contributed by atoms with Gasteiger partial charge in [-0.15, -0.1) is 0 Å². The molecule has 1 atom stereocenters. The predicted octanol–water partition coefficient (Wildman–Crippen LogP) is 1.93. The molecule has 0 heterocycles. The maximum Gasteiger partial charge on any atom is 0.226 e. The van der Waals surface area contributed by atoms with E-state index in [9.17, 15) is 4.79 Å². The molecule has 142 valence electrons. The van der Waals surface area contributed by atoms with E-state index < -0.39 is 5.41 Å². The Morgan fingerprint density at radius 3 is 1.88 bits per heavy atom. The van der Waals surface area contributed by atoms with E-state index in [-0.39, 0.29) is 22.5 Å². The van der Waals surface area contributed by atoms with Gasteiger partial charge in [0.05, 0.1) is 0 Å². The van der Waals surface area contributed by atoms with Crippen molar-refractivity contribution in [3.63, 3.8) is 0 Å². The van der Waals surface area contributed by atoms with Crippen LogP contribution in [0.15, 0.2) is 0 Å². The molecule has 0 aromatic rings. The highest BCUT2D eigenvalue weighted by molar-refractivity contribution is 7.80. The number of hydrogen-bond acceptors (Lipinski definition) is 4. The number of hydrazine groups is 1. The summed E-state index contributed by atoms with van der Waals surface area (Å²) in [5.41, 5.74) is 6.95. The largest absolute Gasteiger partial charge is 0.357 e. The summed E-state index contributed by atoms with van der Waals surface area (Å²) >= 11 is 5.06. The van der Waals surface area contributed by atoms with Crippen LogP contribution in [0.4, 0.5) is 0 Å². The molecule has 0 radical (unpaired) electrons. The van der Waals surface area contributed by atoms with Crippen molar-refractivity contribution < 1.29 is 4.79 Å². The lowest BCUT2D eigenvalue weighted by molar-refractivity contribution is -0.132. The highest BCUT2D eigenvalue weighted by Gasteiger charge is 2.39. The summed E-state index contributed by atoms with van der Waals surface area (Å²) in [6.45, 7) is 15.9. The summed E-state index contributed by atoms with van der Waals surface area (Å²) in [4.78, 5) is 12.9. The number of rotatable bonds is 8. The number of nitrogens with one attached hydrogen (secondary N) is 3. The Morgan fingerprint density at radius 1 is 1.00 bits per heavy atom. The van der Waals surface area contributed by atoms with E-state index in [1.165, 1.54) is 0 Å². The van der Waals surface area contributed by atoms with Crippen LogP contribution in [0.5, 0.6) is 0 Å². The minimum absolute atomic E-state index is 0.0117. The van der Waals surface area contributed by atoms with Gasteiger partial charge in [0.1, 0.15) is 0 Å². The molecule has 0 aliphatic carbocycles. The van der Waals surface area contributed by atoms with Crippen molar-refractivity contribution in [3.05, 3.63) is 0 Å². The van der Waals surface area contributed by atoms with E-state index in [1.54, 1.807) is 0 Å². The molecular formula is C17H37N5OS. The SMILES string of the molecule is CCC(C)(CC(C)(C)N)NC(=O)C(C)(C)CC(C)(C)NC(=S)NN. The minimum atomic E-state index is -0.574. The Morgan fingerprint density at radius 2 is 1.50 bits per heavy atom. The molecule has 0 aliphatic rings. The van der Waals surface area contributed by atoms with E-state index >= 15 is 0 Å². The van der Waals surface area contributed by atoms with Gasteiger partial charge < -0.3 is 21.8 Å². The molecule has 0 fully saturated rings. The van der Waals surface area contributed by atoms with Crippen molar-refractivity contribution in [3.8, 4) is 0 Å². The van der Waals surface area contributed by atoms with Crippen molar-refractivity contribution in [2.24, 2.45) is 17.0 Å². The zero-order valence-electron chi connectivity index (χ0n) is 16.6. The first-order valence-electron chi connectivity index (χ1n) is 8.46. The van der Waals surface area contributed by atoms with Crippen molar-refractivity contribution in [2.45, 2.75) is 91.3 Å². The number of thiocarbonyl (C=S) groups is 1. The van der Waals surface area contributed by atoms with E-state index in [4.69, 9.17) is 23.8 Å². The number of amides is 1. The zero-order valence-corrected chi connectivity index (χ0v) is 17.4. The summed E-state index contributed by atoms with van der Waals surface area (Å²) in [5.74, 6) is 5.33. The molecule has 7 N–H and O–H groups in total. The number of nitrogens with two attached hydrogens (primary N) is 2. The van der Waals surface area contributed by atoms with Gasteiger partial charge in [-0.25, -0.2) is 5.84 Å². The molecule has 1 unspecified atom stereocenters. The molecule has 24 heavy (non-hydrogen) atoms. The van der Waals surface area contributed by atoms with Crippen molar-refractivity contribution in [2.75, 3.05) is 0 Å². The molecule has 1 amide bonds. The van der Waals surface area contributed by atoms with E-state index in [0.717, 1.165) is 6.42 Å². The third-order valence-corrected chi connectivity index (χ3v) is 4.34. The first-order chi connectivity index (χ1) is 10.6. The number of carbonyl (C=O) groups excluding carboxylic acids is 1. The van der Waals surface area contributed by atoms with Gasteiger partial charge in [-0.05, 0) is 66.1 Å². The standard InChI is InChI=1S/C17H37N5OS/c1-9-17(8,11-15(4,5)18)20-12(23)14(2,3)10-16(6,7)21-13(24)22-19/h9-11,18-19H2,1-8H3,(H,20,23)(H2,21,22,24). The van der Waals surface area contributed by atoms with Crippen LogP contribution in [0, 0.1) is 5.41 Å². The Kier molecular flexibility index (Phi) is 7.67. The molecule has 0 aromatic carbocycles. The fourth-order valence-corrected chi connectivity index (χ4v) is 3.56. The van der Waals surface area contributed by atoms with Crippen molar-refractivity contribution in [1.82, 2.24) is 16.1 Å². The Bertz CT molecular complexity index is 456. The topological polar surface area (TPSA) is 105 Å². The van der Waals surface area contributed by atoms with Gasteiger partial charge in [-0.1, -0.05) is 20.8 Å². The first kappa shape index (κ1) is 23.1. The quantitative estimate of drug-likeness (QED) is 0.258. The van der Waals surface area contributed by atoms with E-state index in [1.807, 2.05) is 48.5 Å². The van der Waals surface area contributed by atoms with Gasteiger partial charge >= 0.3 is 0 Å². The van der Waals surface area contributed by atoms with Crippen LogP contribution in [0.25, 0.3) is 0 Å². The molecule has 0 saturated heterocycles. The second-order valence-electron chi connectivity index (χ2n) is 9.08. The molecular weight excluding hydrogens is 322 g/mol. The van der Waals surface area contributed by atoms with Crippen LogP contribution in [-0.4, -0.2) is 27.6 Å². The van der Waals surface area contributed by atoms with Gasteiger partial charge in [-0.3, -0.25) is 4.79 Å². The molecule has 0 bridgehead atoms. The van der Waals surface area contributed by atoms with E-state index in [2.05, 4.69) is 23.0 Å². The summed E-state index contributed by atoms with van der Waals surface area (Å²) in [6.07, 6.45) is 2.12. The molecule has 0 spiro atoms. The Balaban J connectivity index is 5.08. The fourth-order valence-electron chi connectivity index (χ4n) is 3.28. The Labute approximate surface area is 152 Å². The highest BCUT2D eigenvalue weighted by atomic mass is 32.1. The third kappa shape index (κ3) is 8.26. The second-order valence-corrected chi connectivity index (χ2v) is 9.48. The second kappa shape index (κ2) is 7.97. The average molecular weight is 360 g/mol. The molecule has 6 nitrogen and oxygen atoms in total. The number of carbonyl (C=O) groups is 1. The fraction of sp³-hybridized carbons (Fsp3) is 0.882. The minimum Gasteiger partial charge on any atom is -0.357 e. The van der Waals surface area contributed by atoms with Gasteiger partial charge in [-0.2, -0.15) is 0 Å². The monoisotopic (exact) mass is 359 g/mol. The molecule has 0 saturated carbocycles. The molecule has 7 heteroatoms. The van der Waals surface area contributed by atoms with Crippen LogP contribution >= 0.6 is 12.2 Å². The number of hydrogen-bond donors (Lipinski definition) is 5. The van der Waals surface area contributed by atoms with Crippen LogP contribution < -0.4 is 27.6 Å². The zero-order chi connectivity index (χ0) is 19.4. The van der Waals surface area contributed by atoms with Crippen LogP contribution in [0.1, 0.15) is 74.7 Å². The summed E-state index contributed by atoms with van der Waals surface area (Å²) in [7, 11) is 0. The highest BCUT2D eigenvalue weighted by Crippen LogP contribution is 2.30. The predicted molar refractivity (Wildman–Crippen MR) is 105 cm³/mol. The maximum absolute atomic E-state index is 12.9. The van der Waals surface area contributed by atoms with Gasteiger partial charge in [0, 0.05) is 22.0 Å². The van der Waals surface area contributed by atoms with Crippen LogP contribution in [0.3, 0.4) is 0 Å². The van der Waals surface area contributed by atoms with Crippen molar-refractivity contribution >= 4 is 23.2 Å². The smallest absolute Gasteiger partial charge is 0.226 e. The Hall–Kier alpha value is -0.920. The maximum atomic E-state index is 12.9. The summed E-state index contributed by atoms with van der Waals surface area (Å²) in [5, 5.41) is 6.70. The summed E-state index contributed by atoms with van der Waals surface area (Å²) in [6, 6.07) is 0. The molecule has 0 aliphatic heterocycles. The van der Waals surface area contributed by atoms with Gasteiger partial charge in [0.25, 0.3) is 0 Å². The van der Waals surface area contributed by atoms with Crippen LogP contribution in [-0.2, 0) is 4.79 Å². The van der Waals surface area contributed by atoms with Crippen LogP contribution in [0.2, 0.25) is 0 Å². The lowest BCUT2D eigenvalue weighted by atomic mass is 9.77. The lowest BCUT2D eigenvalue weighted by Gasteiger charge is -2.40. The summed E-state index contributed by atoms with van der Waals surface area (Å²) < 4.78 is 0. The average Bonchev–Trinajstić information content (AvgIpc) is 2.34. The van der Waals surface area contributed by atoms with Gasteiger partial charge in [0.2, 0.25) is 5.91 Å². The van der Waals surface area contributed by atoms with Gasteiger partial charge in [0.15, 0.2) is 5.11 Å². The third-order valence-electron chi connectivity index (χ3n) is 4.12. The molecule has 0 aromatic heterocycles. The lowest BCUT2D eigenvalue weighted by Crippen LogP contribution is -2.57.